The minimum absolute atomic E-state index is 0.119. The monoisotopic (exact) mass is 274 g/mol. The second-order valence-electron chi connectivity index (χ2n) is 4.16. The number of aromatic hydroxyl groups is 1. The summed E-state index contributed by atoms with van der Waals surface area (Å²) in [6.45, 7) is 0.310. The lowest BCUT2D eigenvalue weighted by molar-refractivity contribution is 0.289. The summed E-state index contributed by atoms with van der Waals surface area (Å²) in [6, 6.07) is 12.3. The van der Waals surface area contributed by atoms with E-state index in [9.17, 15) is 5.11 Å². The first kappa shape index (κ1) is 11.9. The van der Waals surface area contributed by atoms with E-state index < -0.39 is 0 Å². The van der Waals surface area contributed by atoms with Crippen molar-refractivity contribution in [3.05, 3.63) is 59.3 Å². The number of para-hydroxylation sites is 2. The zero-order valence-corrected chi connectivity index (χ0v) is 10.7. The zero-order valence-electron chi connectivity index (χ0n) is 9.97. The van der Waals surface area contributed by atoms with Crippen molar-refractivity contribution in [2.45, 2.75) is 6.61 Å². The van der Waals surface area contributed by atoms with Gasteiger partial charge in [0, 0.05) is 16.0 Å². The molecular weight excluding hydrogens is 264 g/mol. The summed E-state index contributed by atoms with van der Waals surface area (Å²) in [5.41, 5.74) is 1.65. The van der Waals surface area contributed by atoms with Crippen molar-refractivity contribution >= 4 is 22.6 Å². The van der Waals surface area contributed by atoms with Gasteiger partial charge in [-0.15, -0.1) is 0 Å². The van der Waals surface area contributed by atoms with Crippen molar-refractivity contribution in [3.63, 3.8) is 0 Å². The Labute approximate surface area is 115 Å². The van der Waals surface area contributed by atoms with Crippen LogP contribution in [0.15, 0.2) is 53.1 Å². The van der Waals surface area contributed by atoms with E-state index in [1.807, 2.05) is 12.1 Å². The molecule has 1 N–H and O–H groups in total. The summed E-state index contributed by atoms with van der Waals surface area (Å²) in [6.07, 6.45) is 1.64. The first-order chi connectivity index (χ1) is 9.24. The summed E-state index contributed by atoms with van der Waals surface area (Å²) >= 11 is 5.97. The van der Waals surface area contributed by atoms with E-state index in [1.165, 1.54) is 0 Å². The summed E-state index contributed by atoms with van der Waals surface area (Å²) in [4.78, 5) is 0. The van der Waals surface area contributed by atoms with Crippen LogP contribution in [0.4, 0.5) is 0 Å². The molecule has 0 spiro atoms. The van der Waals surface area contributed by atoms with E-state index in [0.29, 0.717) is 17.4 Å². The van der Waals surface area contributed by atoms with E-state index in [2.05, 4.69) is 0 Å². The molecule has 0 radical (unpaired) electrons. The first-order valence-electron chi connectivity index (χ1n) is 5.80. The summed E-state index contributed by atoms with van der Waals surface area (Å²) in [5.74, 6) is 0.562. The van der Waals surface area contributed by atoms with E-state index in [1.54, 1.807) is 36.6 Å². The molecule has 0 aliphatic heterocycles. The van der Waals surface area contributed by atoms with Crippen molar-refractivity contribution in [3.8, 4) is 11.5 Å². The van der Waals surface area contributed by atoms with Gasteiger partial charge in [-0.3, -0.25) is 0 Å². The number of furan rings is 1. The molecule has 19 heavy (non-hydrogen) atoms. The Morgan fingerprint density at radius 3 is 2.84 bits per heavy atom. The number of phenolic OH excluding ortho intramolecular Hbond substituents is 1. The molecule has 0 saturated carbocycles. The normalized spacial score (nSPS) is 10.8. The third-order valence-corrected chi connectivity index (χ3v) is 3.10. The number of phenols is 1. The lowest BCUT2D eigenvalue weighted by Gasteiger charge is -2.06. The predicted molar refractivity (Wildman–Crippen MR) is 73.7 cm³/mol. The Morgan fingerprint density at radius 2 is 2.00 bits per heavy atom. The first-order valence-corrected chi connectivity index (χ1v) is 6.18. The van der Waals surface area contributed by atoms with E-state index >= 15 is 0 Å². The van der Waals surface area contributed by atoms with E-state index in [4.69, 9.17) is 20.8 Å². The predicted octanol–water partition coefficient (Wildman–Crippen LogP) is 4.37. The van der Waals surface area contributed by atoms with Gasteiger partial charge in [-0.05, 0) is 30.3 Å². The molecule has 3 nitrogen and oxygen atoms in total. The van der Waals surface area contributed by atoms with Crippen molar-refractivity contribution in [2.75, 3.05) is 0 Å². The molecule has 3 aromatic rings. The van der Waals surface area contributed by atoms with Crippen LogP contribution >= 0.6 is 11.6 Å². The van der Waals surface area contributed by atoms with Gasteiger partial charge in [0.05, 0.1) is 6.26 Å². The number of fused-ring (bicyclic) bond motifs is 1. The molecule has 0 saturated heterocycles. The lowest BCUT2D eigenvalue weighted by Crippen LogP contribution is -1.94. The molecule has 1 aromatic heterocycles. The molecule has 0 amide bonds. The molecule has 0 aliphatic rings. The molecule has 1 heterocycles. The summed E-state index contributed by atoms with van der Waals surface area (Å²) < 4.78 is 11.0. The average Bonchev–Trinajstić information content (AvgIpc) is 2.80. The Balaban J connectivity index is 1.86. The molecule has 0 atom stereocenters. The van der Waals surface area contributed by atoms with Gasteiger partial charge >= 0.3 is 0 Å². The van der Waals surface area contributed by atoms with Crippen LogP contribution in [0.5, 0.6) is 11.5 Å². The molecule has 0 unspecified atom stereocenters. The Bertz CT molecular complexity index is 718. The summed E-state index contributed by atoms with van der Waals surface area (Å²) in [7, 11) is 0. The van der Waals surface area contributed by atoms with Crippen molar-refractivity contribution < 1.29 is 14.3 Å². The van der Waals surface area contributed by atoms with Gasteiger partial charge in [-0.1, -0.05) is 23.7 Å². The van der Waals surface area contributed by atoms with Gasteiger partial charge in [-0.2, -0.15) is 0 Å². The van der Waals surface area contributed by atoms with Crippen LogP contribution in [0.3, 0.4) is 0 Å². The van der Waals surface area contributed by atoms with Crippen molar-refractivity contribution in [2.24, 2.45) is 0 Å². The maximum atomic E-state index is 9.63. The number of rotatable bonds is 3. The topological polar surface area (TPSA) is 42.6 Å². The van der Waals surface area contributed by atoms with Crippen LogP contribution in [0, 0.1) is 0 Å². The molecule has 3 rings (SSSR count). The molecule has 96 valence electrons. The highest BCUT2D eigenvalue weighted by molar-refractivity contribution is 6.31. The van der Waals surface area contributed by atoms with Crippen molar-refractivity contribution in [1.29, 1.82) is 0 Å². The smallest absolute Gasteiger partial charge is 0.161 e. The number of halogens is 1. The van der Waals surface area contributed by atoms with Crippen molar-refractivity contribution in [1.82, 2.24) is 0 Å². The Morgan fingerprint density at radius 1 is 1.16 bits per heavy atom. The second-order valence-corrected chi connectivity index (χ2v) is 4.59. The van der Waals surface area contributed by atoms with Gasteiger partial charge in [-0.25, -0.2) is 0 Å². The number of benzene rings is 2. The lowest BCUT2D eigenvalue weighted by atomic mass is 10.2. The molecule has 4 heteroatoms. The van der Waals surface area contributed by atoms with Crippen LogP contribution in [0.2, 0.25) is 5.02 Å². The molecule has 2 aromatic carbocycles. The highest BCUT2D eigenvalue weighted by Gasteiger charge is 2.08. The fourth-order valence-corrected chi connectivity index (χ4v) is 2.07. The Kier molecular flexibility index (Phi) is 3.05. The number of hydrogen-bond donors (Lipinski definition) is 1. The highest BCUT2D eigenvalue weighted by atomic mass is 35.5. The standard InChI is InChI=1S/C15H11ClO3/c16-11-5-6-14-12(7-11)10(8-18-14)9-19-15-4-2-1-3-13(15)17/h1-8,17H,9H2. The fourth-order valence-electron chi connectivity index (χ4n) is 1.90. The quantitative estimate of drug-likeness (QED) is 0.771. The van der Waals surface area contributed by atoms with Crippen LogP contribution < -0.4 is 4.74 Å². The molecular formula is C15H11ClO3. The van der Waals surface area contributed by atoms with Gasteiger partial charge in [0.15, 0.2) is 11.5 Å². The second kappa shape index (κ2) is 4.86. The van der Waals surface area contributed by atoms with Gasteiger partial charge < -0.3 is 14.3 Å². The van der Waals surface area contributed by atoms with Crippen LogP contribution in [0.25, 0.3) is 11.0 Å². The van der Waals surface area contributed by atoms with Gasteiger partial charge in [0.1, 0.15) is 12.2 Å². The minimum Gasteiger partial charge on any atom is -0.504 e. The van der Waals surface area contributed by atoms with Crippen LogP contribution in [-0.2, 0) is 6.61 Å². The largest absolute Gasteiger partial charge is 0.504 e. The molecule has 0 aliphatic carbocycles. The SMILES string of the molecule is Oc1ccccc1OCc1coc2ccc(Cl)cc12. The highest BCUT2D eigenvalue weighted by Crippen LogP contribution is 2.28. The minimum atomic E-state index is 0.119. The Hall–Kier alpha value is -2.13. The van der Waals surface area contributed by atoms with Gasteiger partial charge in [0.2, 0.25) is 0 Å². The van der Waals surface area contributed by atoms with Crippen LogP contribution in [0.1, 0.15) is 5.56 Å². The zero-order chi connectivity index (χ0) is 13.2. The number of ether oxygens (including phenoxy) is 1. The average molecular weight is 275 g/mol. The maximum Gasteiger partial charge on any atom is 0.161 e. The van der Waals surface area contributed by atoms with E-state index in [-0.39, 0.29) is 5.75 Å². The fraction of sp³-hybridized carbons (Fsp3) is 0.0667. The van der Waals surface area contributed by atoms with Crippen LogP contribution in [-0.4, -0.2) is 5.11 Å². The third kappa shape index (κ3) is 2.37. The van der Waals surface area contributed by atoms with E-state index in [0.717, 1.165) is 16.5 Å². The molecule has 0 bridgehead atoms. The molecule has 0 fully saturated rings. The van der Waals surface area contributed by atoms with Gasteiger partial charge in [0.25, 0.3) is 0 Å². The maximum absolute atomic E-state index is 9.63. The number of hydrogen-bond acceptors (Lipinski definition) is 3. The summed E-state index contributed by atoms with van der Waals surface area (Å²) in [5, 5.41) is 11.2. The third-order valence-electron chi connectivity index (χ3n) is 2.86.